The molecule has 6 fully saturated rings. The highest BCUT2D eigenvalue weighted by Crippen LogP contribution is 2.72. The Bertz CT molecular complexity index is 823. The lowest BCUT2D eigenvalue weighted by Crippen LogP contribution is -2.63. The Balaban J connectivity index is 1.15. The summed E-state index contributed by atoms with van der Waals surface area (Å²) >= 11 is 0. The van der Waals surface area contributed by atoms with Crippen LogP contribution in [0, 0.1) is 34.5 Å². The van der Waals surface area contributed by atoms with Gasteiger partial charge in [-0.25, -0.2) is 0 Å². The Kier molecular flexibility index (Phi) is 5.98. The molecular weight excluding hydrogens is 446 g/mol. The number of rotatable bonds is 3. The highest BCUT2D eigenvalue weighted by atomic mass is 16.7. The summed E-state index contributed by atoms with van der Waals surface area (Å²) in [7, 11) is 1.72. The van der Waals surface area contributed by atoms with Gasteiger partial charge in [-0.2, -0.15) is 0 Å². The lowest BCUT2D eigenvalue weighted by atomic mass is 9.43. The van der Waals surface area contributed by atoms with Gasteiger partial charge < -0.3 is 34.9 Å². The van der Waals surface area contributed by atoms with Gasteiger partial charge in [-0.05, 0) is 94.8 Å². The van der Waals surface area contributed by atoms with Crippen LogP contribution in [0.25, 0.3) is 0 Å². The molecule has 0 unspecified atom stereocenters. The van der Waals surface area contributed by atoms with E-state index in [9.17, 15) is 10.2 Å². The van der Waals surface area contributed by atoms with Gasteiger partial charge in [-0.15, -0.1) is 0 Å². The van der Waals surface area contributed by atoms with Crippen molar-refractivity contribution in [2.75, 3.05) is 13.7 Å². The van der Waals surface area contributed by atoms with Crippen LogP contribution in [0.15, 0.2) is 0 Å². The van der Waals surface area contributed by atoms with E-state index in [0.717, 1.165) is 57.8 Å². The van der Waals surface area contributed by atoms with Gasteiger partial charge in [0.15, 0.2) is 12.1 Å². The van der Waals surface area contributed by atoms with Crippen LogP contribution in [0.3, 0.4) is 0 Å². The molecule has 0 bridgehead atoms. The molecule has 200 valence electrons. The molecule has 6 rings (SSSR count). The molecular formula is C28H47NO6. The first-order chi connectivity index (χ1) is 16.5. The van der Waals surface area contributed by atoms with E-state index in [1.54, 1.807) is 7.11 Å². The number of methoxy groups -OCH3 is 1. The zero-order valence-electron chi connectivity index (χ0n) is 22.1. The third-order valence-corrected chi connectivity index (χ3v) is 12.2. The molecule has 2 heterocycles. The summed E-state index contributed by atoms with van der Waals surface area (Å²) < 4.78 is 24.2. The highest BCUT2D eigenvalue weighted by molar-refractivity contribution is 5.21. The van der Waals surface area contributed by atoms with Crippen LogP contribution in [0.5, 0.6) is 0 Å². The van der Waals surface area contributed by atoms with Crippen molar-refractivity contribution in [3.8, 4) is 0 Å². The Morgan fingerprint density at radius 2 is 1.74 bits per heavy atom. The second kappa shape index (κ2) is 8.36. The first-order valence-electron chi connectivity index (χ1n) is 14.2. The molecule has 7 heteroatoms. The fourth-order valence-corrected chi connectivity index (χ4v) is 10.2. The van der Waals surface area contributed by atoms with Gasteiger partial charge in [0.1, 0.15) is 0 Å². The SMILES string of the molecule is CO[C@H]1C[C@H](O[C@H]2CC[C@@]3(C)[C@@H](CC[C@H]4[C@H]3CC[C@]35CO[C@](C)(O)[C@H]3CC[C@]45O)C2)O[C@@H](C)[C@@H]1N. The number of nitrogens with two attached hydrogens (primary N) is 1. The summed E-state index contributed by atoms with van der Waals surface area (Å²) in [5, 5.41) is 23.2. The number of ether oxygens (including phenoxy) is 4. The van der Waals surface area contributed by atoms with Crippen LogP contribution >= 0.6 is 0 Å². The van der Waals surface area contributed by atoms with Crippen LogP contribution in [0.2, 0.25) is 0 Å². The molecule has 0 aromatic rings. The standard InChI is InChI=1S/C28H47NO6/c1-16-24(29)21(32-4)14-23(34-16)35-18-7-10-25(2)17(13-18)5-6-20-19(25)8-11-27-15-33-26(3,30)22(27)9-12-28(20,27)31/h16-24,30-31H,5-15,29H2,1-4H3/t16-,17-,18-,19+,20-,21-,22+,23-,24-,25-,26-,27-,28-/m0/s1. The minimum Gasteiger partial charge on any atom is -0.389 e. The van der Waals surface area contributed by atoms with Crippen LogP contribution in [-0.2, 0) is 18.9 Å². The third kappa shape index (κ3) is 3.48. The maximum absolute atomic E-state index is 12.3. The van der Waals surface area contributed by atoms with Crippen molar-refractivity contribution in [3.63, 3.8) is 0 Å². The average Bonchev–Trinajstić information content (AvgIpc) is 3.28. The van der Waals surface area contributed by atoms with E-state index in [1.165, 1.54) is 0 Å². The number of fused-ring (bicyclic) bond motifs is 4. The van der Waals surface area contributed by atoms with Crippen molar-refractivity contribution in [3.05, 3.63) is 0 Å². The zero-order chi connectivity index (χ0) is 24.8. The third-order valence-electron chi connectivity index (χ3n) is 12.2. The van der Waals surface area contributed by atoms with Crippen molar-refractivity contribution < 1.29 is 29.2 Å². The van der Waals surface area contributed by atoms with E-state index in [1.807, 2.05) is 13.8 Å². The van der Waals surface area contributed by atoms with Crippen molar-refractivity contribution in [1.82, 2.24) is 0 Å². The van der Waals surface area contributed by atoms with Gasteiger partial charge in [-0.1, -0.05) is 6.92 Å². The summed E-state index contributed by atoms with van der Waals surface area (Å²) in [6.45, 7) is 6.82. The fourth-order valence-electron chi connectivity index (χ4n) is 10.2. The minimum absolute atomic E-state index is 0.0288. The van der Waals surface area contributed by atoms with E-state index in [0.29, 0.717) is 30.8 Å². The van der Waals surface area contributed by atoms with E-state index in [2.05, 4.69) is 6.92 Å². The quantitative estimate of drug-likeness (QED) is 0.518. The predicted molar refractivity (Wildman–Crippen MR) is 130 cm³/mol. The van der Waals surface area contributed by atoms with Gasteiger partial charge >= 0.3 is 0 Å². The fraction of sp³-hybridized carbons (Fsp3) is 1.00. The molecule has 7 nitrogen and oxygen atoms in total. The predicted octanol–water partition coefficient (Wildman–Crippen LogP) is 3.34. The van der Waals surface area contributed by atoms with E-state index in [-0.39, 0.29) is 47.4 Å². The molecule has 0 radical (unpaired) electrons. The van der Waals surface area contributed by atoms with E-state index >= 15 is 0 Å². The van der Waals surface area contributed by atoms with Crippen molar-refractivity contribution in [1.29, 1.82) is 0 Å². The van der Waals surface area contributed by atoms with Gasteiger partial charge in [0, 0.05) is 24.9 Å². The summed E-state index contributed by atoms with van der Waals surface area (Å²) in [5.74, 6) is 0.408. The topological polar surface area (TPSA) is 103 Å². The molecule has 2 saturated heterocycles. The van der Waals surface area contributed by atoms with Crippen LogP contribution in [-0.4, -0.2) is 66.0 Å². The second-order valence-electron chi connectivity index (χ2n) is 13.4. The Labute approximate surface area is 210 Å². The van der Waals surface area contributed by atoms with Crippen molar-refractivity contribution >= 4 is 0 Å². The van der Waals surface area contributed by atoms with Gasteiger partial charge in [0.2, 0.25) is 0 Å². The lowest BCUT2D eigenvalue weighted by molar-refractivity contribution is -0.255. The first-order valence-corrected chi connectivity index (χ1v) is 14.2. The molecule has 0 amide bonds. The summed E-state index contributed by atoms with van der Waals surface area (Å²) in [6, 6.07) is -0.116. The molecule has 2 aliphatic heterocycles. The van der Waals surface area contributed by atoms with Crippen LogP contribution in [0.4, 0.5) is 0 Å². The monoisotopic (exact) mass is 493 g/mol. The number of aliphatic hydroxyl groups is 2. The van der Waals surface area contributed by atoms with Crippen molar-refractivity contribution in [2.24, 2.45) is 40.2 Å². The molecule has 4 saturated carbocycles. The number of hydrogen-bond acceptors (Lipinski definition) is 7. The van der Waals surface area contributed by atoms with Gasteiger partial charge in [0.05, 0.1) is 36.6 Å². The van der Waals surface area contributed by atoms with Gasteiger partial charge in [-0.3, -0.25) is 0 Å². The van der Waals surface area contributed by atoms with E-state index < -0.39 is 11.4 Å². The molecule has 0 aromatic heterocycles. The Morgan fingerprint density at radius 3 is 2.51 bits per heavy atom. The molecule has 1 spiro atoms. The van der Waals surface area contributed by atoms with Crippen LogP contribution in [0.1, 0.15) is 85.0 Å². The zero-order valence-corrected chi connectivity index (χ0v) is 22.1. The highest BCUT2D eigenvalue weighted by Gasteiger charge is 2.74. The average molecular weight is 494 g/mol. The maximum Gasteiger partial charge on any atom is 0.166 e. The van der Waals surface area contributed by atoms with Gasteiger partial charge in [0.25, 0.3) is 0 Å². The Hall–Kier alpha value is -0.280. The summed E-state index contributed by atoms with van der Waals surface area (Å²) in [4.78, 5) is 0. The molecule has 4 N–H and O–H groups in total. The normalized spacial score (nSPS) is 59.9. The first kappa shape index (κ1) is 25.0. The molecule has 6 aliphatic rings. The number of hydrogen-bond donors (Lipinski definition) is 3. The molecule has 0 aromatic carbocycles. The lowest BCUT2D eigenvalue weighted by Gasteiger charge is -2.63. The smallest absolute Gasteiger partial charge is 0.166 e. The minimum atomic E-state index is -1.10. The molecule has 35 heavy (non-hydrogen) atoms. The summed E-state index contributed by atoms with van der Waals surface area (Å²) in [5.41, 5.74) is 5.50. The van der Waals surface area contributed by atoms with Crippen molar-refractivity contribution in [2.45, 2.75) is 127 Å². The largest absolute Gasteiger partial charge is 0.389 e. The molecule has 4 aliphatic carbocycles. The summed E-state index contributed by atoms with van der Waals surface area (Å²) in [6.07, 6.45) is 9.80. The van der Waals surface area contributed by atoms with E-state index in [4.69, 9.17) is 24.7 Å². The maximum atomic E-state index is 12.3. The second-order valence-corrected chi connectivity index (χ2v) is 13.4. The molecule has 13 atom stereocenters. The van der Waals surface area contributed by atoms with Crippen LogP contribution < -0.4 is 5.73 Å². The Morgan fingerprint density at radius 1 is 0.943 bits per heavy atom.